The zero-order valence-electron chi connectivity index (χ0n) is 42.5. The van der Waals surface area contributed by atoms with Crippen molar-refractivity contribution in [3.05, 3.63) is 203 Å². The first-order chi connectivity index (χ1) is 34.0. The summed E-state index contributed by atoms with van der Waals surface area (Å²) in [5.74, 6) is 2.09. The largest absolute Gasteiger partial charge is 0.310 e. The van der Waals surface area contributed by atoms with E-state index in [1.807, 2.05) is 18.2 Å². The van der Waals surface area contributed by atoms with Crippen LogP contribution in [0.2, 0.25) is 0 Å². The Morgan fingerprint density at radius 1 is 0.437 bits per heavy atom. The van der Waals surface area contributed by atoms with E-state index in [4.69, 9.17) is 0 Å². The summed E-state index contributed by atoms with van der Waals surface area (Å²) in [5.41, 5.74) is 19.0. The third-order valence-electron chi connectivity index (χ3n) is 18.0. The Balaban J connectivity index is 1.03. The highest BCUT2D eigenvalue weighted by Gasteiger charge is 2.64. The molecule has 0 N–H and O–H groups in total. The normalized spacial score (nSPS) is 22.1. The van der Waals surface area contributed by atoms with Crippen LogP contribution in [-0.4, -0.2) is 0 Å². The molecule has 0 saturated heterocycles. The average Bonchev–Trinajstić information content (AvgIpc) is 3.75. The molecule has 6 aliphatic carbocycles. The van der Waals surface area contributed by atoms with Crippen molar-refractivity contribution >= 4 is 44.9 Å². The number of benzene rings is 8. The van der Waals surface area contributed by atoms with Crippen molar-refractivity contribution in [2.45, 2.75) is 109 Å². The topological polar surface area (TPSA) is 6.48 Å². The number of hydrogen-bond donors (Lipinski definition) is 0. The quantitative estimate of drug-likeness (QED) is 0.164. The lowest BCUT2D eigenvalue weighted by molar-refractivity contribution is -0.0403. The maximum atomic E-state index is 15.6. The van der Waals surface area contributed by atoms with Crippen molar-refractivity contribution in [3.63, 3.8) is 0 Å². The second-order valence-electron chi connectivity index (χ2n) is 24.5. The standard InChI is InChI=1S/C67H64F2N2/c1-64(2,3)42-19-23-48(24-20-42)70(50-15-11-13-46(68)36-50)52-27-28-53-56-29-30-57-61-55-18-10-9-17-54(55)60(71(51-16-12-14-47(69)37-51)49-25-21-43(22-26-49)65(4,5)6)39-59(61)67(63(57)62(56)66(7,8)58(53)38-52)44-32-40-31-41(34-44)35-45(67)33-40/h9-30,36-41,44-45H,31-35H2,1-8H3. The molecule has 6 aliphatic rings. The second-order valence-corrected chi connectivity index (χ2v) is 24.5. The van der Waals surface area contributed by atoms with Gasteiger partial charge in [-0.1, -0.05) is 134 Å². The van der Waals surface area contributed by atoms with E-state index in [2.05, 4.69) is 180 Å². The van der Waals surface area contributed by atoms with Gasteiger partial charge in [-0.2, -0.15) is 0 Å². The van der Waals surface area contributed by atoms with Crippen molar-refractivity contribution in [2.75, 3.05) is 9.80 Å². The molecule has 0 heterocycles. The van der Waals surface area contributed by atoms with E-state index < -0.39 is 0 Å². The molecule has 0 aliphatic heterocycles. The highest BCUT2D eigenvalue weighted by Crippen LogP contribution is 2.73. The first-order valence-electron chi connectivity index (χ1n) is 26.2. The van der Waals surface area contributed by atoms with Crippen LogP contribution in [0.4, 0.5) is 42.9 Å². The van der Waals surface area contributed by atoms with E-state index in [9.17, 15) is 0 Å². The van der Waals surface area contributed by atoms with Crippen LogP contribution < -0.4 is 9.80 Å². The van der Waals surface area contributed by atoms with Gasteiger partial charge in [-0.3, -0.25) is 0 Å². The first-order valence-corrected chi connectivity index (χ1v) is 26.2. The van der Waals surface area contributed by atoms with Gasteiger partial charge >= 0.3 is 0 Å². The maximum absolute atomic E-state index is 15.6. The van der Waals surface area contributed by atoms with Gasteiger partial charge in [-0.05, 0) is 206 Å². The third-order valence-corrected chi connectivity index (χ3v) is 18.0. The molecule has 0 unspecified atom stereocenters. The molecular weight excluding hydrogens is 871 g/mol. The summed E-state index contributed by atoms with van der Waals surface area (Å²) in [6.45, 7) is 18.4. The van der Waals surface area contributed by atoms with Crippen LogP contribution >= 0.6 is 0 Å². The number of anilines is 6. The van der Waals surface area contributed by atoms with E-state index in [-0.39, 0.29) is 33.3 Å². The minimum atomic E-state index is -0.347. The van der Waals surface area contributed by atoms with Crippen LogP contribution in [0.15, 0.2) is 158 Å². The molecule has 356 valence electrons. The van der Waals surface area contributed by atoms with Crippen LogP contribution in [0.5, 0.6) is 0 Å². The Morgan fingerprint density at radius 2 is 0.930 bits per heavy atom. The molecule has 4 fully saturated rings. The number of nitrogens with zero attached hydrogens (tertiary/aromatic N) is 2. The van der Waals surface area contributed by atoms with E-state index in [0.29, 0.717) is 11.8 Å². The number of fused-ring (bicyclic) bond motifs is 9. The molecule has 71 heavy (non-hydrogen) atoms. The highest BCUT2D eigenvalue weighted by molar-refractivity contribution is 6.11. The van der Waals surface area contributed by atoms with Crippen LogP contribution in [0.3, 0.4) is 0 Å². The molecule has 8 aromatic carbocycles. The van der Waals surface area contributed by atoms with Gasteiger partial charge in [0.25, 0.3) is 0 Å². The number of rotatable bonds is 6. The zero-order chi connectivity index (χ0) is 48.9. The molecule has 1 spiro atoms. The fraction of sp³-hybridized carbons (Fsp3) is 0.313. The fourth-order valence-electron chi connectivity index (χ4n) is 15.1. The summed E-state index contributed by atoms with van der Waals surface area (Å²) in [5, 5.41) is 2.43. The molecule has 4 bridgehead atoms. The van der Waals surface area contributed by atoms with E-state index in [1.165, 1.54) is 99.0 Å². The molecule has 14 rings (SSSR count). The highest BCUT2D eigenvalue weighted by atomic mass is 19.1. The van der Waals surface area contributed by atoms with E-state index >= 15 is 8.78 Å². The monoisotopic (exact) mass is 935 g/mol. The molecule has 4 saturated carbocycles. The molecule has 8 aromatic rings. The van der Waals surface area contributed by atoms with Crippen molar-refractivity contribution in [1.29, 1.82) is 0 Å². The Morgan fingerprint density at radius 3 is 1.49 bits per heavy atom. The van der Waals surface area contributed by atoms with Gasteiger partial charge in [0.1, 0.15) is 11.6 Å². The van der Waals surface area contributed by atoms with E-state index in [1.54, 1.807) is 23.8 Å². The Kier molecular flexibility index (Phi) is 9.69. The number of hydrogen-bond acceptors (Lipinski definition) is 2. The predicted octanol–water partition coefficient (Wildman–Crippen LogP) is 18.7. The Hall–Kier alpha value is -6.52. The van der Waals surface area contributed by atoms with Crippen molar-refractivity contribution in [1.82, 2.24) is 0 Å². The van der Waals surface area contributed by atoms with Gasteiger partial charge in [0.2, 0.25) is 0 Å². The summed E-state index contributed by atoms with van der Waals surface area (Å²) in [7, 11) is 0. The molecule has 0 amide bonds. The van der Waals surface area contributed by atoms with E-state index in [0.717, 1.165) is 46.0 Å². The minimum absolute atomic E-state index is 0.00553. The summed E-state index contributed by atoms with van der Waals surface area (Å²) in [6.07, 6.45) is 6.40. The van der Waals surface area contributed by atoms with Crippen LogP contribution in [0.25, 0.3) is 33.0 Å². The van der Waals surface area contributed by atoms with Crippen molar-refractivity contribution in [2.24, 2.45) is 23.7 Å². The van der Waals surface area contributed by atoms with Crippen LogP contribution in [0.1, 0.15) is 121 Å². The lowest BCUT2D eigenvalue weighted by Gasteiger charge is -2.61. The summed E-state index contributed by atoms with van der Waals surface area (Å²) in [4.78, 5) is 4.56. The first kappa shape index (κ1) is 44.4. The molecule has 0 atom stereocenters. The zero-order valence-corrected chi connectivity index (χ0v) is 42.5. The summed E-state index contributed by atoms with van der Waals surface area (Å²) >= 11 is 0. The molecule has 0 radical (unpaired) electrons. The number of halogens is 2. The summed E-state index contributed by atoms with van der Waals surface area (Å²) in [6, 6.07) is 55.5. The molecule has 2 nitrogen and oxygen atoms in total. The van der Waals surface area contributed by atoms with Crippen molar-refractivity contribution in [3.8, 4) is 22.3 Å². The van der Waals surface area contributed by atoms with Gasteiger partial charge in [-0.25, -0.2) is 8.78 Å². The Bertz CT molecular complexity index is 3430. The van der Waals surface area contributed by atoms with Gasteiger partial charge in [-0.15, -0.1) is 0 Å². The molecular formula is C67H64F2N2. The minimum Gasteiger partial charge on any atom is -0.310 e. The lowest BCUT2D eigenvalue weighted by atomic mass is 9.42. The lowest BCUT2D eigenvalue weighted by Crippen LogP contribution is -2.55. The predicted molar refractivity (Wildman–Crippen MR) is 291 cm³/mol. The molecule has 4 heteroatoms. The van der Waals surface area contributed by atoms with Gasteiger partial charge < -0.3 is 9.80 Å². The Labute approximate surface area is 419 Å². The fourth-order valence-corrected chi connectivity index (χ4v) is 15.1. The maximum Gasteiger partial charge on any atom is 0.125 e. The molecule has 0 aromatic heterocycles. The van der Waals surface area contributed by atoms with Crippen LogP contribution in [0, 0.1) is 35.3 Å². The third kappa shape index (κ3) is 6.61. The van der Waals surface area contributed by atoms with Gasteiger partial charge in [0.15, 0.2) is 0 Å². The SMILES string of the molecule is CC(C)(C)c1ccc(N(c2cccc(F)c2)c2ccc3c(c2)C(C)(C)c2c-3ccc3c2C2(c4cc(N(c5ccc(C(C)(C)C)cc5)c5cccc(F)c5)c5ccccc5c4-3)C3CC4CC(C3)CC2C4)cc1. The van der Waals surface area contributed by atoms with Gasteiger partial charge in [0, 0.05) is 44.7 Å². The summed E-state index contributed by atoms with van der Waals surface area (Å²) < 4.78 is 30.8. The smallest absolute Gasteiger partial charge is 0.125 e. The average molecular weight is 935 g/mol. The van der Waals surface area contributed by atoms with Crippen LogP contribution in [-0.2, 0) is 21.7 Å². The van der Waals surface area contributed by atoms with Crippen molar-refractivity contribution < 1.29 is 8.78 Å². The second kappa shape index (κ2) is 15.5. The van der Waals surface area contributed by atoms with Gasteiger partial charge in [0.05, 0.1) is 5.69 Å².